The molecule has 0 spiro atoms. The van der Waals surface area contributed by atoms with E-state index in [0.29, 0.717) is 0 Å². The van der Waals surface area contributed by atoms with Crippen LogP contribution in [0.3, 0.4) is 0 Å². The minimum atomic E-state index is 0.231. The molecule has 1 aromatic carbocycles. The zero-order valence-electron chi connectivity index (χ0n) is 8.77. The van der Waals surface area contributed by atoms with E-state index < -0.39 is 0 Å². The molecule has 0 aliphatic carbocycles. The number of hydrogen-bond donors (Lipinski definition) is 0. The van der Waals surface area contributed by atoms with Gasteiger partial charge in [0.2, 0.25) is 0 Å². The van der Waals surface area contributed by atoms with Crippen molar-refractivity contribution in [3.8, 4) is 0 Å². The summed E-state index contributed by atoms with van der Waals surface area (Å²) in [5, 5.41) is 6.51. The monoisotopic (exact) mass is 188 g/mol. The number of rotatable bonds is 2. The maximum absolute atomic E-state index is 4.39. The molecule has 1 aliphatic rings. The zero-order chi connectivity index (χ0) is 10.0. The van der Waals surface area contributed by atoms with Crippen LogP contribution in [0.15, 0.2) is 35.4 Å². The Bertz CT molecular complexity index is 327. The molecule has 0 unspecified atom stereocenters. The molecule has 0 atom stereocenters. The van der Waals surface area contributed by atoms with Crippen molar-refractivity contribution in [2.75, 3.05) is 6.54 Å². The fourth-order valence-corrected chi connectivity index (χ4v) is 1.68. The van der Waals surface area contributed by atoms with Crippen molar-refractivity contribution in [3.63, 3.8) is 0 Å². The van der Waals surface area contributed by atoms with Crippen LogP contribution < -0.4 is 0 Å². The molecule has 2 nitrogen and oxygen atoms in total. The number of hydrogen-bond acceptors (Lipinski definition) is 2. The largest absolute Gasteiger partial charge is 0.292 e. The van der Waals surface area contributed by atoms with Gasteiger partial charge in [0, 0.05) is 18.2 Å². The molecule has 74 valence electrons. The molecule has 0 bridgehead atoms. The van der Waals surface area contributed by atoms with Crippen LogP contribution in [0.4, 0.5) is 0 Å². The Labute approximate surface area is 85.2 Å². The van der Waals surface area contributed by atoms with E-state index in [1.807, 2.05) is 12.3 Å². The van der Waals surface area contributed by atoms with Crippen LogP contribution >= 0.6 is 0 Å². The molecule has 0 aromatic heterocycles. The van der Waals surface area contributed by atoms with Crippen molar-refractivity contribution < 1.29 is 0 Å². The lowest BCUT2D eigenvalue weighted by Gasteiger charge is -2.19. The lowest BCUT2D eigenvalue weighted by molar-refractivity contribution is 0.258. The summed E-state index contributed by atoms with van der Waals surface area (Å²) in [7, 11) is 0. The van der Waals surface area contributed by atoms with Gasteiger partial charge in [0.05, 0.1) is 6.54 Å². The zero-order valence-corrected chi connectivity index (χ0v) is 8.77. The van der Waals surface area contributed by atoms with Gasteiger partial charge in [-0.1, -0.05) is 44.2 Å². The Hall–Kier alpha value is -1.31. The van der Waals surface area contributed by atoms with Gasteiger partial charge in [0.25, 0.3) is 0 Å². The van der Waals surface area contributed by atoms with Gasteiger partial charge in [-0.2, -0.15) is 5.10 Å². The second kappa shape index (κ2) is 3.45. The SMILES string of the molecule is CC1(C)C=NN(Cc2ccccc2)C1. The summed E-state index contributed by atoms with van der Waals surface area (Å²) < 4.78 is 0. The number of nitrogens with zero attached hydrogens (tertiary/aromatic N) is 2. The molecular weight excluding hydrogens is 172 g/mol. The quantitative estimate of drug-likeness (QED) is 0.696. The molecule has 2 rings (SSSR count). The highest BCUT2D eigenvalue weighted by molar-refractivity contribution is 5.66. The Kier molecular flexibility index (Phi) is 2.28. The Balaban J connectivity index is 1.98. The highest BCUT2D eigenvalue weighted by Crippen LogP contribution is 2.21. The third-order valence-corrected chi connectivity index (χ3v) is 2.37. The third kappa shape index (κ3) is 2.13. The van der Waals surface area contributed by atoms with E-state index in [9.17, 15) is 0 Å². The van der Waals surface area contributed by atoms with Crippen molar-refractivity contribution >= 4 is 6.21 Å². The topological polar surface area (TPSA) is 15.6 Å². The molecule has 1 aliphatic heterocycles. The minimum absolute atomic E-state index is 0.231. The molecule has 0 N–H and O–H groups in total. The molecule has 0 fully saturated rings. The predicted octanol–water partition coefficient (Wildman–Crippen LogP) is 2.51. The van der Waals surface area contributed by atoms with Crippen molar-refractivity contribution in [2.24, 2.45) is 10.5 Å². The summed E-state index contributed by atoms with van der Waals surface area (Å²) in [5.74, 6) is 0. The average molecular weight is 188 g/mol. The van der Waals surface area contributed by atoms with Crippen LogP contribution in [0.1, 0.15) is 19.4 Å². The van der Waals surface area contributed by atoms with Gasteiger partial charge in [-0.15, -0.1) is 0 Å². The van der Waals surface area contributed by atoms with Gasteiger partial charge < -0.3 is 0 Å². The first kappa shape index (κ1) is 9.25. The highest BCUT2D eigenvalue weighted by Gasteiger charge is 2.24. The van der Waals surface area contributed by atoms with Crippen molar-refractivity contribution in [2.45, 2.75) is 20.4 Å². The normalized spacial score (nSPS) is 18.9. The fraction of sp³-hybridized carbons (Fsp3) is 0.417. The van der Waals surface area contributed by atoms with Crippen LogP contribution in [0.5, 0.6) is 0 Å². The van der Waals surface area contributed by atoms with Crippen LogP contribution in [0.2, 0.25) is 0 Å². The summed E-state index contributed by atoms with van der Waals surface area (Å²) >= 11 is 0. The highest BCUT2D eigenvalue weighted by atomic mass is 15.5. The number of benzene rings is 1. The molecular formula is C12H16N2. The predicted molar refractivity (Wildman–Crippen MR) is 59.1 cm³/mol. The first-order valence-electron chi connectivity index (χ1n) is 5.00. The van der Waals surface area contributed by atoms with E-state index in [1.165, 1.54) is 5.56 Å². The molecule has 0 saturated heterocycles. The minimum Gasteiger partial charge on any atom is -0.292 e. The van der Waals surface area contributed by atoms with Gasteiger partial charge in [-0.25, -0.2) is 0 Å². The molecule has 14 heavy (non-hydrogen) atoms. The lowest BCUT2D eigenvalue weighted by atomic mass is 9.96. The van der Waals surface area contributed by atoms with E-state index in [-0.39, 0.29) is 5.41 Å². The van der Waals surface area contributed by atoms with E-state index in [1.54, 1.807) is 0 Å². The van der Waals surface area contributed by atoms with Gasteiger partial charge in [0.1, 0.15) is 0 Å². The van der Waals surface area contributed by atoms with Crippen LogP contribution in [-0.4, -0.2) is 17.8 Å². The van der Waals surface area contributed by atoms with E-state index in [4.69, 9.17) is 0 Å². The van der Waals surface area contributed by atoms with E-state index in [2.05, 4.69) is 48.2 Å². The first-order valence-corrected chi connectivity index (χ1v) is 5.00. The molecule has 0 radical (unpaired) electrons. The van der Waals surface area contributed by atoms with Gasteiger partial charge in [0.15, 0.2) is 0 Å². The van der Waals surface area contributed by atoms with Crippen LogP contribution in [0.25, 0.3) is 0 Å². The first-order chi connectivity index (χ1) is 6.66. The summed E-state index contributed by atoms with van der Waals surface area (Å²) in [6.45, 7) is 6.35. The summed E-state index contributed by atoms with van der Waals surface area (Å²) in [4.78, 5) is 0. The summed E-state index contributed by atoms with van der Waals surface area (Å²) in [6, 6.07) is 10.5. The Morgan fingerprint density at radius 2 is 2.00 bits per heavy atom. The van der Waals surface area contributed by atoms with Crippen LogP contribution in [-0.2, 0) is 6.54 Å². The lowest BCUT2D eigenvalue weighted by Crippen LogP contribution is -2.23. The Morgan fingerprint density at radius 3 is 2.57 bits per heavy atom. The summed E-state index contributed by atoms with van der Waals surface area (Å²) in [6.07, 6.45) is 2.04. The molecule has 0 amide bonds. The van der Waals surface area contributed by atoms with E-state index >= 15 is 0 Å². The second-order valence-corrected chi connectivity index (χ2v) is 4.54. The standard InChI is InChI=1S/C12H16N2/c1-12(2)9-13-14(10-12)8-11-6-4-3-5-7-11/h3-7,9H,8,10H2,1-2H3. The maximum atomic E-state index is 4.39. The van der Waals surface area contributed by atoms with Gasteiger partial charge in [-0.05, 0) is 5.56 Å². The number of hydrazone groups is 1. The van der Waals surface area contributed by atoms with Gasteiger partial charge >= 0.3 is 0 Å². The fourth-order valence-electron chi connectivity index (χ4n) is 1.68. The summed E-state index contributed by atoms with van der Waals surface area (Å²) in [5.41, 5.74) is 1.55. The van der Waals surface area contributed by atoms with Gasteiger partial charge in [-0.3, -0.25) is 5.01 Å². The van der Waals surface area contributed by atoms with Crippen molar-refractivity contribution in [3.05, 3.63) is 35.9 Å². The molecule has 1 heterocycles. The average Bonchev–Trinajstić information content (AvgIpc) is 2.47. The maximum Gasteiger partial charge on any atom is 0.0610 e. The molecule has 2 heteroatoms. The smallest absolute Gasteiger partial charge is 0.0610 e. The third-order valence-electron chi connectivity index (χ3n) is 2.37. The van der Waals surface area contributed by atoms with Crippen LogP contribution in [0, 0.1) is 5.41 Å². The molecule has 0 saturated carbocycles. The Morgan fingerprint density at radius 1 is 1.29 bits per heavy atom. The van der Waals surface area contributed by atoms with E-state index in [0.717, 1.165) is 13.1 Å². The second-order valence-electron chi connectivity index (χ2n) is 4.54. The molecule has 1 aromatic rings. The van der Waals surface area contributed by atoms with Crippen molar-refractivity contribution in [1.82, 2.24) is 5.01 Å². The van der Waals surface area contributed by atoms with Crippen molar-refractivity contribution in [1.29, 1.82) is 0 Å².